The summed E-state index contributed by atoms with van der Waals surface area (Å²) in [6.45, 7) is 6.65. The van der Waals surface area contributed by atoms with Crippen LogP contribution in [-0.2, 0) is 9.84 Å². The lowest BCUT2D eigenvalue weighted by atomic mass is 9.98. The molecule has 0 saturated carbocycles. The van der Waals surface area contributed by atoms with Crippen LogP contribution in [-0.4, -0.2) is 50.1 Å². The van der Waals surface area contributed by atoms with Crippen LogP contribution in [0.3, 0.4) is 0 Å². The molecule has 1 aliphatic rings. The van der Waals surface area contributed by atoms with Crippen molar-refractivity contribution in [3.8, 4) is 11.8 Å². The first-order chi connectivity index (χ1) is 15.7. The molecule has 3 aromatic rings. The molecule has 9 heteroatoms. The summed E-state index contributed by atoms with van der Waals surface area (Å²) < 4.78 is 29.4. The number of nitrogens with one attached hydrogen (secondary N) is 1. The Bertz CT molecular complexity index is 1350. The van der Waals surface area contributed by atoms with Crippen LogP contribution in [0.5, 0.6) is 5.75 Å². The predicted molar refractivity (Wildman–Crippen MR) is 130 cm³/mol. The van der Waals surface area contributed by atoms with Crippen LogP contribution in [0, 0.1) is 25.2 Å². The van der Waals surface area contributed by atoms with Gasteiger partial charge >= 0.3 is 0 Å². The molecular weight excluding hydrogens is 438 g/mol. The first kappa shape index (κ1) is 22.8. The maximum Gasteiger partial charge on any atom is 0.153 e. The number of anilines is 2. The zero-order chi connectivity index (χ0) is 23.8. The van der Waals surface area contributed by atoms with E-state index in [2.05, 4.69) is 21.4 Å². The van der Waals surface area contributed by atoms with Gasteiger partial charge in [-0.25, -0.2) is 18.4 Å². The summed E-state index contributed by atoms with van der Waals surface area (Å²) in [7, 11) is -1.40. The summed E-state index contributed by atoms with van der Waals surface area (Å²) in [6.07, 6.45) is 0. The molecule has 0 bridgehead atoms. The molecular formula is C24H27N5O3S. The number of nitriles is 1. The standard InChI is InChI=1S/C24H27N5O3S/c1-15-18(14-25)6-5-7-19(15)16(2)26-24-20-12-22(29-8-10-33(30,31)11-9-29)23(32-4)13-21(20)27-17(3)28-24/h5-7,12-13,16H,8-11H2,1-4H3,(H,26,27,28)/t16-/m1/s1. The molecule has 8 nitrogen and oxygen atoms in total. The van der Waals surface area contributed by atoms with Gasteiger partial charge in [-0.1, -0.05) is 12.1 Å². The summed E-state index contributed by atoms with van der Waals surface area (Å²) in [6, 6.07) is 11.7. The molecule has 1 fully saturated rings. The molecule has 2 aromatic carbocycles. The van der Waals surface area contributed by atoms with E-state index in [1.165, 1.54) is 0 Å². The molecule has 1 atom stereocenters. The van der Waals surface area contributed by atoms with Gasteiger partial charge in [-0.15, -0.1) is 0 Å². The van der Waals surface area contributed by atoms with Crippen molar-refractivity contribution in [1.29, 1.82) is 5.26 Å². The van der Waals surface area contributed by atoms with E-state index in [1.807, 2.05) is 56.0 Å². The highest BCUT2D eigenvalue weighted by atomic mass is 32.2. The number of hydrogen-bond acceptors (Lipinski definition) is 8. The number of aryl methyl sites for hydroxylation is 1. The van der Waals surface area contributed by atoms with E-state index in [1.54, 1.807) is 7.11 Å². The number of aromatic nitrogens is 2. The Morgan fingerprint density at radius 1 is 1.18 bits per heavy atom. The maximum atomic E-state index is 11.9. The van der Waals surface area contributed by atoms with E-state index >= 15 is 0 Å². The molecule has 1 saturated heterocycles. The Hall–Kier alpha value is -3.38. The fraction of sp³-hybridized carbons (Fsp3) is 0.375. The Labute approximate surface area is 194 Å². The molecule has 0 unspecified atom stereocenters. The van der Waals surface area contributed by atoms with E-state index in [-0.39, 0.29) is 17.5 Å². The van der Waals surface area contributed by atoms with Gasteiger partial charge in [0, 0.05) is 24.5 Å². The number of nitrogens with zero attached hydrogens (tertiary/aromatic N) is 4. The van der Waals surface area contributed by atoms with Crippen LogP contribution in [0.4, 0.5) is 11.5 Å². The zero-order valence-electron chi connectivity index (χ0n) is 19.2. The highest BCUT2D eigenvalue weighted by molar-refractivity contribution is 7.91. The molecule has 0 radical (unpaired) electrons. The number of ether oxygens (including phenoxy) is 1. The van der Waals surface area contributed by atoms with Crippen molar-refractivity contribution in [2.24, 2.45) is 0 Å². The summed E-state index contributed by atoms with van der Waals surface area (Å²) in [5, 5.41) is 13.7. The lowest BCUT2D eigenvalue weighted by Gasteiger charge is -2.30. The SMILES string of the molecule is COc1cc2nc(C)nc(N[C@H](C)c3cccc(C#N)c3C)c2cc1N1CCS(=O)(=O)CC1. The number of sulfone groups is 1. The maximum absolute atomic E-state index is 11.9. The Balaban J connectivity index is 1.76. The van der Waals surface area contributed by atoms with Crippen LogP contribution < -0.4 is 15.0 Å². The van der Waals surface area contributed by atoms with Crippen LogP contribution >= 0.6 is 0 Å². The van der Waals surface area contributed by atoms with Crippen LogP contribution in [0.1, 0.15) is 35.5 Å². The third-order valence-corrected chi connectivity index (χ3v) is 7.72. The quantitative estimate of drug-likeness (QED) is 0.610. The first-order valence-corrected chi connectivity index (χ1v) is 12.6. The minimum atomic E-state index is -3.00. The fourth-order valence-electron chi connectivity index (χ4n) is 4.26. The number of fused-ring (bicyclic) bond motifs is 1. The third-order valence-electron chi connectivity index (χ3n) is 6.11. The van der Waals surface area contributed by atoms with Crippen molar-refractivity contribution in [3.63, 3.8) is 0 Å². The smallest absolute Gasteiger partial charge is 0.153 e. The van der Waals surface area contributed by atoms with Gasteiger partial charge in [0.2, 0.25) is 0 Å². The Morgan fingerprint density at radius 3 is 2.58 bits per heavy atom. The van der Waals surface area contributed by atoms with Crippen molar-refractivity contribution >= 4 is 32.2 Å². The van der Waals surface area contributed by atoms with Gasteiger partial charge in [0.25, 0.3) is 0 Å². The fourth-order valence-corrected chi connectivity index (χ4v) is 5.46. The summed E-state index contributed by atoms with van der Waals surface area (Å²) in [5.41, 5.74) is 4.17. The van der Waals surface area contributed by atoms with Gasteiger partial charge in [-0.05, 0) is 44.0 Å². The summed E-state index contributed by atoms with van der Waals surface area (Å²) in [4.78, 5) is 11.3. The van der Waals surface area contributed by atoms with Crippen LogP contribution in [0.2, 0.25) is 0 Å². The second kappa shape index (κ2) is 8.87. The number of methoxy groups -OCH3 is 1. The predicted octanol–water partition coefficient (Wildman–Crippen LogP) is 3.53. The minimum Gasteiger partial charge on any atom is -0.495 e. The molecule has 33 heavy (non-hydrogen) atoms. The monoisotopic (exact) mass is 465 g/mol. The van der Waals surface area contributed by atoms with Gasteiger partial charge in [0.05, 0.1) is 47.5 Å². The van der Waals surface area contributed by atoms with Crippen LogP contribution in [0.15, 0.2) is 30.3 Å². The molecule has 0 amide bonds. The van der Waals surface area contributed by atoms with E-state index < -0.39 is 9.84 Å². The minimum absolute atomic E-state index is 0.0959. The lowest BCUT2D eigenvalue weighted by Crippen LogP contribution is -2.40. The molecule has 1 aliphatic heterocycles. The van der Waals surface area contributed by atoms with Crippen molar-refractivity contribution < 1.29 is 13.2 Å². The van der Waals surface area contributed by atoms with Crippen molar-refractivity contribution in [1.82, 2.24) is 9.97 Å². The molecule has 0 spiro atoms. The van der Waals surface area contributed by atoms with Crippen molar-refractivity contribution in [2.45, 2.75) is 26.8 Å². The summed E-state index contributed by atoms with van der Waals surface area (Å²) >= 11 is 0. The van der Waals surface area contributed by atoms with Crippen LogP contribution in [0.25, 0.3) is 10.9 Å². The number of rotatable bonds is 5. The zero-order valence-corrected chi connectivity index (χ0v) is 20.0. The first-order valence-electron chi connectivity index (χ1n) is 10.8. The normalized spacial score (nSPS) is 16.3. The van der Waals surface area contributed by atoms with Gasteiger partial charge < -0.3 is 15.0 Å². The van der Waals surface area contributed by atoms with Gasteiger partial charge in [-0.3, -0.25) is 0 Å². The van der Waals surface area contributed by atoms with Crippen molar-refractivity contribution in [3.05, 3.63) is 52.8 Å². The van der Waals surface area contributed by atoms with Gasteiger partial charge in [-0.2, -0.15) is 5.26 Å². The van der Waals surface area contributed by atoms with Gasteiger partial charge in [0.1, 0.15) is 17.4 Å². The highest BCUT2D eigenvalue weighted by Crippen LogP contribution is 2.36. The van der Waals surface area contributed by atoms with Crippen molar-refractivity contribution in [2.75, 3.05) is 41.9 Å². The van der Waals surface area contributed by atoms with Gasteiger partial charge in [0.15, 0.2) is 9.84 Å². The molecule has 1 aromatic heterocycles. The highest BCUT2D eigenvalue weighted by Gasteiger charge is 2.25. The topological polar surface area (TPSA) is 108 Å². The Morgan fingerprint density at radius 2 is 1.91 bits per heavy atom. The molecule has 172 valence electrons. The average Bonchev–Trinajstić information content (AvgIpc) is 2.78. The molecule has 4 rings (SSSR count). The van der Waals surface area contributed by atoms with E-state index in [4.69, 9.17) is 4.74 Å². The number of hydrogen-bond donors (Lipinski definition) is 1. The van der Waals surface area contributed by atoms with E-state index in [0.717, 1.165) is 27.7 Å². The molecule has 0 aliphatic carbocycles. The van der Waals surface area contributed by atoms with E-state index in [9.17, 15) is 13.7 Å². The molecule has 1 N–H and O–H groups in total. The second-order valence-corrected chi connectivity index (χ2v) is 10.6. The third kappa shape index (κ3) is 4.57. The summed E-state index contributed by atoms with van der Waals surface area (Å²) in [5.74, 6) is 2.19. The Kier molecular flexibility index (Phi) is 6.13. The van der Waals surface area contributed by atoms with E-state index in [0.29, 0.717) is 36.0 Å². The lowest BCUT2D eigenvalue weighted by molar-refractivity contribution is 0.415. The largest absolute Gasteiger partial charge is 0.495 e. The number of benzene rings is 2. The molecule has 2 heterocycles. The second-order valence-electron chi connectivity index (χ2n) is 8.30. The average molecular weight is 466 g/mol.